The number of carbonyl (C=O) groups excluding carboxylic acids is 2. The number of aliphatic hydroxyl groups is 1. The number of aliphatic hydroxyl groups excluding tert-OH is 1. The van der Waals surface area contributed by atoms with Crippen LogP contribution in [0.1, 0.15) is 52.5 Å². The molecule has 4 atom stereocenters. The van der Waals surface area contributed by atoms with Crippen molar-refractivity contribution in [2.75, 3.05) is 27.4 Å². The Labute approximate surface area is 198 Å². The first-order chi connectivity index (χ1) is 15.8. The zero-order valence-corrected chi connectivity index (χ0v) is 21.0. The Hall–Kier alpha value is -2.21. The maximum Gasteiger partial charge on any atom is 0.235 e. The van der Waals surface area contributed by atoms with Crippen LogP contribution in [0.3, 0.4) is 0 Å². The summed E-state index contributed by atoms with van der Waals surface area (Å²) < 4.78 is 16.4. The largest absolute Gasteiger partial charge is 0.493 e. The van der Waals surface area contributed by atoms with Crippen molar-refractivity contribution in [2.24, 2.45) is 28.7 Å². The maximum atomic E-state index is 11.4. The number of hydrogen-bond donors (Lipinski definition) is 1. The Bertz CT molecular complexity index is 744. The fraction of sp³-hybridized carbons (Fsp3) is 0.692. The topological polar surface area (TPSA) is 94.4 Å². The van der Waals surface area contributed by atoms with Gasteiger partial charge in [0.25, 0.3) is 0 Å². The van der Waals surface area contributed by atoms with Crippen molar-refractivity contribution in [3.05, 3.63) is 23.8 Å². The van der Waals surface area contributed by atoms with Crippen molar-refractivity contribution in [1.82, 2.24) is 0 Å². The van der Waals surface area contributed by atoms with Gasteiger partial charge in [0.05, 0.1) is 25.9 Å². The molecule has 0 aliphatic heterocycles. The molecule has 0 radical (unpaired) electrons. The first kappa shape index (κ1) is 28.8. The maximum absolute atomic E-state index is 11.4. The number of carbonyl (C=O) groups is 1. The standard InChI is InChI=1S/C26H41NO6/c1-18(2)21(14-23(27-17-29)24(30)15-22(16-28)19(3)4)12-20-8-9-25(32-6)26(13-20)33-11-7-10-31-5/h8-9,13,16,18-19,21-24,30H,7,10-12,14-15H2,1-6H3. The smallest absolute Gasteiger partial charge is 0.235 e. The van der Waals surface area contributed by atoms with E-state index in [1.165, 1.54) is 0 Å². The van der Waals surface area contributed by atoms with E-state index >= 15 is 0 Å². The highest BCUT2D eigenvalue weighted by molar-refractivity contribution is 5.54. The number of ether oxygens (including phenoxy) is 3. The van der Waals surface area contributed by atoms with Gasteiger partial charge in [0.15, 0.2) is 11.5 Å². The van der Waals surface area contributed by atoms with E-state index in [0.29, 0.717) is 37.1 Å². The molecule has 0 saturated carbocycles. The summed E-state index contributed by atoms with van der Waals surface area (Å²) in [7, 11) is 3.27. The van der Waals surface area contributed by atoms with Crippen LogP contribution in [0.2, 0.25) is 0 Å². The molecule has 33 heavy (non-hydrogen) atoms. The van der Waals surface area contributed by atoms with E-state index in [9.17, 15) is 14.7 Å². The first-order valence-corrected chi connectivity index (χ1v) is 11.8. The second-order valence-corrected chi connectivity index (χ2v) is 9.26. The summed E-state index contributed by atoms with van der Waals surface area (Å²) in [6.07, 6.45) is 3.93. The Morgan fingerprint density at radius 2 is 1.79 bits per heavy atom. The minimum Gasteiger partial charge on any atom is -0.493 e. The summed E-state index contributed by atoms with van der Waals surface area (Å²) in [4.78, 5) is 26.4. The quantitative estimate of drug-likeness (QED) is 0.161. The van der Waals surface area contributed by atoms with E-state index in [1.807, 2.05) is 32.0 Å². The SMILES string of the molecule is COCCCOc1cc(CC(CC(N=C=O)C(O)CC(C=O)C(C)C)C(C)C)ccc1OC. The molecule has 7 heteroatoms. The van der Waals surface area contributed by atoms with E-state index in [0.717, 1.165) is 24.7 Å². The van der Waals surface area contributed by atoms with Crippen LogP contribution in [-0.2, 0) is 20.7 Å². The number of aldehydes is 1. The second-order valence-electron chi connectivity index (χ2n) is 9.26. The molecular formula is C26H41NO6. The summed E-state index contributed by atoms with van der Waals surface area (Å²) in [6, 6.07) is 5.28. The third kappa shape index (κ3) is 10.1. The van der Waals surface area contributed by atoms with Gasteiger partial charge in [-0.25, -0.2) is 4.79 Å². The molecule has 0 aliphatic carbocycles. The number of hydrogen-bond acceptors (Lipinski definition) is 7. The highest BCUT2D eigenvalue weighted by Crippen LogP contribution is 2.32. The molecule has 0 spiro atoms. The lowest BCUT2D eigenvalue weighted by atomic mass is 9.81. The van der Waals surface area contributed by atoms with Crippen molar-refractivity contribution in [3.8, 4) is 11.5 Å². The monoisotopic (exact) mass is 463 g/mol. The number of benzene rings is 1. The van der Waals surface area contributed by atoms with Crippen molar-refractivity contribution in [1.29, 1.82) is 0 Å². The van der Waals surface area contributed by atoms with Crippen LogP contribution < -0.4 is 9.47 Å². The van der Waals surface area contributed by atoms with Crippen LogP contribution in [0, 0.1) is 23.7 Å². The normalized spacial score (nSPS) is 14.9. The van der Waals surface area contributed by atoms with Crippen LogP contribution in [0.5, 0.6) is 11.5 Å². The Morgan fingerprint density at radius 3 is 2.33 bits per heavy atom. The van der Waals surface area contributed by atoms with E-state index in [2.05, 4.69) is 18.8 Å². The summed E-state index contributed by atoms with van der Waals surface area (Å²) >= 11 is 0. The Kier molecular flexibility index (Phi) is 13.6. The van der Waals surface area contributed by atoms with Gasteiger partial charge in [0.2, 0.25) is 6.08 Å². The number of rotatable bonds is 17. The van der Waals surface area contributed by atoms with Gasteiger partial charge in [0, 0.05) is 26.1 Å². The third-order valence-electron chi connectivity index (χ3n) is 6.17. The first-order valence-electron chi connectivity index (χ1n) is 11.8. The lowest BCUT2D eigenvalue weighted by molar-refractivity contribution is -0.113. The molecular weight excluding hydrogens is 422 g/mol. The predicted octanol–water partition coefficient (Wildman–Crippen LogP) is 4.24. The van der Waals surface area contributed by atoms with Crippen LogP contribution in [-0.4, -0.2) is 57.1 Å². The lowest BCUT2D eigenvalue weighted by Gasteiger charge is -2.28. The highest BCUT2D eigenvalue weighted by atomic mass is 16.5. The van der Waals surface area contributed by atoms with E-state index in [4.69, 9.17) is 14.2 Å². The number of isocyanates is 1. The van der Waals surface area contributed by atoms with Crippen LogP contribution in [0.4, 0.5) is 0 Å². The molecule has 0 bridgehead atoms. The minimum atomic E-state index is -0.874. The highest BCUT2D eigenvalue weighted by Gasteiger charge is 2.28. The molecule has 1 rings (SSSR count). The second kappa shape index (κ2) is 15.6. The van der Waals surface area contributed by atoms with Gasteiger partial charge in [0.1, 0.15) is 6.29 Å². The molecule has 0 fully saturated rings. The van der Waals surface area contributed by atoms with Crippen molar-refractivity contribution in [2.45, 2.75) is 65.5 Å². The van der Waals surface area contributed by atoms with Gasteiger partial charge in [-0.15, -0.1) is 0 Å². The molecule has 7 nitrogen and oxygen atoms in total. The number of nitrogens with zero attached hydrogens (tertiary/aromatic N) is 1. The summed E-state index contributed by atoms with van der Waals surface area (Å²) in [5.74, 6) is 1.64. The zero-order valence-electron chi connectivity index (χ0n) is 21.0. The van der Waals surface area contributed by atoms with Crippen molar-refractivity contribution < 1.29 is 28.9 Å². The predicted molar refractivity (Wildman–Crippen MR) is 129 cm³/mol. The van der Waals surface area contributed by atoms with Gasteiger partial charge >= 0.3 is 0 Å². The molecule has 0 amide bonds. The molecule has 0 aliphatic rings. The summed E-state index contributed by atoms with van der Waals surface area (Å²) in [5, 5.41) is 10.8. The van der Waals surface area contributed by atoms with Gasteiger partial charge in [-0.1, -0.05) is 33.8 Å². The molecule has 1 aromatic carbocycles. The molecule has 0 heterocycles. The van der Waals surface area contributed by atoms with E-state index < -0.39 is 12.1 Å². The molecule has 186 valence electrons. The lowest BCUT2D eigenvalue weighted by Crippen LogP contribution is -2.32. The van der Waals surface area contributed by atoms with Crippen LogP contribution in [0.15, 0.2) is 23.2 Å². The zero-order chi connectivity index (χ0) is 24.8. The molecule has 1 N–H and O–H groups in total. The summed E-state index contributed by atoms with van der Waals surface area (Å²) in [6.45, 7) is 9.27. The Morgan fingerprint density at radius 1 is 1.06 bits per heavy atom. The van der Waals surface area contributed by atoms with E-state index in [1.54, 1.807) is 20.3 Å². The molecule has 1 aromatic rings. The van der Waals surface area contributed by atoms with E-state index in [-0.39, 0.29) is 24.2 Å². The van der Waals surface area contributed by atoms with Crippen LogP contribution in [0.25, 0.3) is 0 Å². The average molecular weight is 464 g/mol. The molecule has 4 unspecified atom stereocenters. The van der Waals surface area contributed by atoms with Gasteiger partial charge in [-0.2, -0.15) is 4.99 Å². The number of methoxy groups -OCH3 is 2. The average Bonchev–Trinajstić information content (AvgIpc) is 2.79. The Balaban J connectivity index is 2.98. The number of aliphatic imine (C=N–C) groups is 1. The van der Waals surface area contributed by atoms with Gasteiger partial charge in [-0.3, -0.25) is 0 Å². The van der Waals surface area contributed by atoms with Crippen molar-refractivity contribution in [3.63, 3.8) is 0 Å². The fourth-order valence-corrected chi connectivity index (χ4v) is 3.83. The fourth-order valence-electron chi connectivity index (χ4n) is 3.83. The summed E-state index contributed by atoms with van der Waals surface area (Å²) in [5.41, 5.74) is 1.08. The molecule has 0 aromatic heterocycles. The van der Waals surface area contributed by atoms with Gasteiger partial charge in [-0.05, 0) is 54.7 Å². The minimum absolute atomic E-state index is 0.112. The van der Waals surface area contributed by atoms with Crippen molar-refractivity contribution >= 4 is 12.4 Å². The van der Waals surface area contributed by atoms with Gasteiger partial charge < -0.3 is 24.1 Å². The molecule has 0 saturated heterocycles. The van der Waals surface area contributed by atoms with Crippen LogP contribution >= 0.6 is 0 Å². The third-order valence-corrected chi connectivity index (χ3v) is 6.17.